The summed E-state index contributed by atoms with van der Waals surface area (Å²) in [5.41, 5.74) is 9.86. The Bertz CT molecular complexity index is 684. The Morgan fingerprint density at radius 1 is 1.31 bits per heavy atom. The maximum absolute atomic E-state index is 12.6. The number of hydrogen-bond donors (Lipinski definition) is 4. The van der Waals surface area contributed by atoms with Gasteiger partial charge in [0.15, 0.2) is 5.96 Å². The van der Waals surface area contributed by atoms with Gasteiger partial charge in [-0.3, -0.25) is 24.2 Å². The van der Waals surface area contributed by atoms with Crippen LogP contribution in [0.3, 0.4) is 0 Å². The van der Waals surface area contributed by atoms with Gasteiger partial charge in [0, 0.05) is 13.1 Å². The SMILES string of the molecule is NC(N)=NCCCN1C(=O)CN2C(=O)[C@H](CC(=O)O)NC(=O)[C@@H]2C12CC2. The fourth-order valence-corrected chi connectivity index (χ4v) is 3.88. The van der Waals surface area contributed by atoms with Gasteiger partial charge in [0.05, 0.1) is 12.0 Å². The lowest BCUT2D eigenvalue weighted by Crippen LogP contribution is -2.75. The Hall–Kier alpha value is -2.85. The molecule has 1 spiro atoms. The molecule has 2 saturated heterocycles. The number of carboxylic acids is 1. The molecule has 2 heterocycles. The number of carbonyl (C=O) groups excluding carboxylic acids is 3. The Morgan fingerprint density at radius 3 is 2.58 bits per heavy atom. The number of nitrogens with one attached hydrogen (secondary N) is 1. The molecular weight excluding hydrogens is 344 g/mol. The van der Waals surface area contributed by atoms with Gasteiger partial charge in [-0.25, -0.2) is 0 Å². The van der Waals surface area contributed by atoms with Crippen LogP contribution in [0.25, 0.3) is 0 Å². The molecule has 0 bridgehead atoms. The molecule has 2 aliphatic heterocycles. The van der Waals surface area contributed by atoms with E-state index in [1.807, 2.05) is 0 Å². The lowest BCUT2D eigenvalue weighted by atomic mass is 9.92. The molecule has 2 atom stereocenters. The van der Waals surface area contributed by atoms with Gasteiger partial charge in [-0.05, 0) is 19.3 Å². The molecule has 11 heteroatoms. The van der Waals surface area contributed by atoms with E-state index in [0.717, 1.165) is 0 Å². The molecular formula is C15H22N6O5. The molecule has 142 valence electrons. The number of guanidine groups is 1. The van der Waals surface area contributed by atoms with Gasteiger partial charge in [0.25, 0.3) is 0 Å². The minimum atomic E-state index is -1.19. The first-order valence-corrected chi connectivity index (χ1v) is 8.45. The lowest BCUT2D eigenvalue weighted by Gasteiger charge is -2.50. The van der Waals surface area contributed by atoms with Gasteiger partial charge in [-0.15, -0.1) is 0 Å². The average molecular weight is 366 g/mol. The molecule has 0 radical (unpaired) electrons. The number of aliphatic carboxylic acids is 1. The Balaban J connectivity index is 1.76. The third-order valence-corrected chi connectivity index (χ3v) is 5.09. The zero-order valence-corrected chi connectivity index (χ0v) is 14.2. The van der Waals surface area contributed by atoms with Crippen molar-refractivity contribution in [3.63, 3.8) is 0 Å². The maximum Gasteiger partial charge on any atom is 0.305 e. The van der Waals surface area contributed by atoms with Gasteiger partial charge >= 0.3 is 5.97 Å². The fourth-order valence-electron chi connectivity index (χ4n) is 3.88. The van der Waals surface area contributed by atoms with Crippen molar-refractivity contribution in [2.45, 2.75) is 43.3 Å². The van der Waals surface area contributed by atoms with Gasteiger partial charge in [0.2, 0.25) is 17.7 Å². The summed E-state index contributed by atoms with van der Waals surface area (Å²) in [4.78, 5) is 55.5. The number of carbonyl (C=O) groups is 4. The molecule has 3 rings (SSSR count). The summed E-state index contributed by atoms with van der Waals surface area (Å²) in [6.45, 7) is 0.527. The average Bonchev–Trinajstić information content (AvgIpc) is 3.31. The Labute approximate surface area is 149 Å². The maximum atomic E-state index is 12.6. The molecule has 1 saturated carbocycles. The summed E-state index contributed by atoms with van der Waals surface area (Å²) < 4.78 is 0. The summed E-state index contributed by atoms with van der Waals surface area (Å²) in [6.07, 6.45) is 1.27. The van der Waals surface area contributed by atoms with Crippen molar-refractivity contribution in [3.8, 4) is 0 Å². The highest BCUT2D eigenvalue weighted by Gasteiger charge is 2.65. The van der Waals surface area contributed by atoms with Crippen LogP contribution in [0.1, 0.15) is 25.7 Å². The number of rotatable bonds is 6. The number of aliphatic imine (C=N–C) groups is 1. The van der Waals surface area contributed by atoms with Crippen molar-refractivity contribution in [1.29, 1.82) is 0 Å². The first kappa shape index (κ1) is 18.0. The molecule has 3 amide bonds. The quantitative estimate of drug-likeness (QED) is 0.223. The highest BCUT2D eigenvalue weighted by Crippen LogP contribution is 2.49. The van der Waals surface area contributed by atoms with E-state index < -0.39 is 41.8 Å². The third kappa shape index (κ3) is 3.04. The van der Waals surface area contributed by atoms with E-state index in [2.05, 4.69) is 10.3 Å². The van der Waals surface area contributed by atoms with E-state index in [1.165, 1.54) is 4.90 Å². The first-order valence-electron chi connectivity index (χ1n) is 8.45. The molecule has 26 heavy (non-hydrogen) atoms. The standard InChI is InChI=1S/C15H22N6O5/c16-14(17)18-4-1-5-21-9(22)7-20-11(15(21)2-3-15)12(25)19-8(13(20)26)6-10(23)24/h8,11H,1-7H2,(H,19,25)(H,23,24)(H4,16,17,18)/t8-,11+/m0/s1. The number of piperazine rings is 2. The van der Waals surface area contributed by atoms with Gasteiger partial charge < -0.3 is 31.7 Å². The second kappa shape index (κ2) is 6.46. The van der Waals surface area contributed by atoms with Crippen LogP contribution in [-0.4, -0.2) is 81.8 Å². The summed E-state index contributed by atoms with van der Waals surface area (Å²) in [7, 11) is 0. The number of nitrogens with two attached hydrogens (primary N) is 2. The normalized spacial score (nSPS) is 26.4. The smallest absolute Gasteiger partial charge is 0.305 e. The van der Waals surface area contributed by atoms with E-state index in [4.69, 9.17) is 16.6 Å². The number of amides is 3. The van der Waals surface area contributed by atoms with Crippen LogP contribution in [0.5, 0.6) is 0 Å². The highest BCUT2D eigenvalue weighted by molar-refractivity contribution is 6.03. The van der Waals surface area contributed by atoms with Crippen LogP contribution in [0.4, 0.5) is 0 Å². The summed E-state index contributed by atoms with van der Waals surface area (Å²) in [6, 6.07) is -1.91. The second-order valence-electron chi connectivity index (χ2n) is 6.84. The minimum absolute atomic E-state index is 0.0241. The second-order valence-corrected chi connectivity index (χ2v) is 6.84. The topological polar surface area (TPSA) is 171 Å². The van der Waals surface area contributed by atoms with E-state index in [0.29, 0.717) is 32.4 Å². The van der Waals surface area contributed by atoms with Crippen LogP contribution >= 0.6 is 0 Å². The summed E-state index contributed by atoms with van der Waals surface area (Å²) >= 11 is 0. The van der Waals surface area contributed by atoms with Gasteiger partial charge in [0.1, 0.15) is 18.6 Å². The number of carboxylic acid groups (broad SMARTS) is 1. The predicted molar refractivity (Wildman–Crippen MR) is 88.7 cm³/mol. The van der Waals surface area contributed by atoms with Crippen molar-refractivity contribution in [2.75, 3.05) is 19.6 Å². The van der Waals surface area contributed by atoms with Crippen molar-refractivity contribution in [1.82, 2.24) is 15.1 Å². The van der Waals surface area contributed by atoms with Crippen LogP contribution in [0.2, 0.25) is 0 Å². The van der Waals surface area contributed by atoms with Crippen molar-refractivity contribution < 1.29 is 24.3 Å². The minimum Gasteiger partial charge on any atom is -0.481 e. The van der Waals surface area contributed by atoms with E-state index >= 15 is 0 Å². The van der Waals surface area contributed by atoms with Crippen molar-refractivity contribution >= 4 is 29.7 Å². The van der Waals surface area contributed by atoms with E-state index in [-0.39, 0.29) is 18.4 Å². The first-order chi connectivity index (χ1) is 12.3. The van der Waals surface area contributed by atoms with E-state index in [9.17, 15) is 19.2 Å². The zero-order valence-electron chi connectivity index (χ0n) is 14.2. The molecule has 6 N–H and O–H groups in total. The molecule has 0 aromatic rings. The monoisotopic (exact) mass is 366 g/mol. The fraction of sp³-hybridized carbons (Fsp3) is 0.667. The zero-order chi connectivity index (χ0) is 19.1. The van der Waals surface area contributed by atoms with Gasteiger partial charge in [-0.1, -0.05) is 0 Å². The van der Waals surface area contributed by atoms with Crippen molar-refractivity contribution in [3.05, 3.63) is 0 Å². The van der Waals surface area contributed by atoms with Crippen LogP contribution < -0.4 is 16.8 Å². The van der Waals surface area contributed by atoms with Gasteiger partial charge in [-0.2, -0.15) is 0 Å². The summed E-state index contributed by atoms with van der Waals surface area (Å²) in [5.74, 6) is -2.38. The molecule has 11 nitrogen and oxygen atoms in total. The molecule has 0 unspecified atom stereocenters. The van der Waals surface area contributed by atoms with Crippen LogP contribution in [-0.2, 0) is 19.2 Å². The van der Waals surface area contributed by atoms with Crippen molar-refractivity contribution in [2.24, 2.45) is 16.5 Å². The Morgan fingerprint density at radius 2 is 2.00 bits per heavy atom. The number of nitrogens with zero attached hydrogens (tertiary/aromatic N) is 3. The molecule has 0 aromatic heterocycles. The predicted octanol–water partition coefficient (Wildman–Crippen LogP) is -2.80. The molecule has 3 fully saturated rings. The van der Waals surface area contributed by atoms with Crippen LogP contribution in [0, 0.1) is 0 Å². The highest BCUT2D eigenvalue weighted by atomic mass is 16.4. The largest absolute Gasteiger partial charge is 0.481 e. The number of hydrogen-bond acceptors (Lipinski definition) is 5. The van der Waals surface area contributed by atoms with E-state index in [1.54, 1.807) is 4.90 Å². The lowest BCUT2D eigenvalue weighted by molar-refractivity contribution is -0.167. The molecule has 0 aromatic carbocycles. The number of fused-ring (bicyclic) bond motifs is 2. The Kier molecular flexibility index (Phi) is 4.46. The molecule has 3 aliphatic rings. The van der Waals surface area contributed by atoms with Crippen LogP contribution in [0.15, 0.2) is 4.99 Å². The molecule has 1 aliphatic carbocycles. The third-order valence-electron chi connectivity index (χ3n) is 5.09. The summed E-state index contributed by atoms with van der Waals surface area (Å²) in [5, 5.41) is 11.4.